The van der Waals surface area contributed by atoms with Crippen molar-refractivity contribution < 1.29 is 13.2 Å². The lowest BCUT2D eigenvalue weighted by molar-refractivity contribution is 0.0952. The molecule has 0 bridgehead atoms. The van der Waals surface area contributed by atoms with Crippen molar-refractivity contribution in [3.63, 3.8) is 0 Å². The van der Waals surface area contributed by atoms with E-state index in [0.717, 1.165) is 24.8 Å². The van der Waals surface area contributed by atoms with Crippen LogP contribution in [0.4, 0.5) is 0 Å². The molecule has 1 aromatic carbocycles. The summed E-state index contributed by atoms with van der Waals surface area (Å²) in [6.07, 6.45) is 4.53. The van der Waals surface area contributed by atoms with Crippen LogP contribution in [0, 0.1) is 5.92 Å². The summed E-state index contributed by atoms with van der Waals surface area (Å²) < 4.78 is 22.8. The van der Waals surface area contributed by atoms with Gasteiger partial charge >= 0.3 is 0 Å². The van der Waals surface area contributed by atoms with Crippen molar-refractivity contribution in [1.29, 1.82) is 0 Å². The molecule has 1 aliphatic carbocycles. The lowest BCUT2D eigenvalue weighted by atomic mass is 10.2. The molecule has 1 saturated carbocycles. The molecule has 0 saturated heterocycles. The molecule has 2 rings (SSSR count). The minimum Gasteiger partial charge on any atom is -0.352 e. The molecule has 0 spiro atoms. The van der Waals surface area contributed by atoms with Gasteiger partial charge in [-0.05, 0) is 30.9 Å². The van der Waals surface area contributed by atoms with Crippen molar-refractivity contribution in [1.82, 2.24) is 5.32 Å². The maximum atomic E-state index is 12.0. The van der Waals surface area contributed by atoms with Gasteiger partial charge in [-0.15, -0.1) is 0 Å². The summed E-state index contributed by atoms with van der Waals surface area (Å²) in [6.45, 7) is 0.527. The van der Waals surface area contributed by atoms with Crippen LogP contribution in [0.25, 0.3) is 0 Å². The molecule has 0 unspecified atom stereocenters. The van der Waals surface area contributed by atoms with Crippen molar-refractivity contribution in [2.24, 2.45) is 11.1 Å². The molecule has 1 aliphatic rings. The van der Waals surface area contributed by atoms with Crippen molar-refractivity contribution >= 4 is 39.1 Å². The van der Waals surface area contributed by atoms with E-state index in [1.165, 1.54) is 18.9 Å². The van der Waals surface area contributed by atoms with E-state index >= 15 is 0 Å². The van der Waals surface area contributed by atoms with Crippen LogP contribution in [0.1, 0.15) is 36.0 Å². The summed E-state index contributed by atoms with van der Waals surface area (Å²) in [7, 11) is -4.01. The van der Waals surface area contributed by atoms with Crippen LogP contribution in [-0.4, -0.2) is 20.9 Å². The second-order valence-electron chi connectivity index (χ2n) is 5.15. The Morgan fingerprint density at radius 1 is 1.29 bits per heavy atom. The third-order valence-corrected chi connectivity index (χ3v) is 5.03. The van der Waals surface area contributed by atoms with Crippen LogP contribution in [0.15, 0.2) is 17.0 Å². The molecule has 3 N–H and O–H groups in total. The van der Waals surface area contributed by atoms with Crippen molar-refractivity contribution in [3.05, 3.63) is 27.7 Å². The maximum absolute atomic E-state index is 12.0. The first kappa shape index (κ1) is 16.5. The van der Waals surface area contributed by atoms with Crippen LogP contribution >= 0.6 is 23.2 Å². The van der Waals surface area contributed by atoms with Gasteiger partial charge in [-0.25, -0.2) is 13.6 Å². The van der Waals surface area contributed by atoms with Crippen LogP contribution in [-0.2, 0) is 10.0 Å². The van der Waals surface area contributed by atoms with Gasteiger partial charge in [-0.3, -0.25) is 4.79 Å². The molecule has 21 heavy (non-hydrogen) atoms. The molecule has 8 heteroatoms. The van der Waals surface area contributed by atoms with Crippen molar-refractivity contribution in [2.45, 2.75) is 30.6 Å². The van der Waals surface area contributed by atoms with E-state index < -0.39 is 15.9 Å². The van der Waals surface area contributed by atoms with Gasteiger partial charge < -0.3 is 5.32 Å². The molecular weight excluding hydrogens is 335 g/mol. The van der Waals surface area contributed by atoms with E-state index in [9.17, 15) is 13.2 Å². The number of carbonyl (C=O) groups is 1. The number of nitrogens with two attached hydrogens (primary N) is 1. The zero-order valence-corrected chi connectivity index (χ0v) is 13.6. The lowest BCUT2D eigenvalue weighted by Crippen LogP contribution is -2.25. The minimum absolute atomic E-state index is 0.0523. The first-order valence-electron chi connectivity index (χ1n) is 6.59. The van der Waals surface area contributed by atoms with E-state index in [-0.39, 0.29) is 20.5 Å². The van der Waals surface area contributed by atoms with Gasteiger partial charge in [0.25, 0.3) is 5.91 Å². The fourth-order valence-corrected chi connectivity index (χ4v) is 3.42. The summed E-state index contributed by atoms with van der Waals surface area (Å²) in [5.74, 6) is 0.368. The zero-order chi connectivity index (χ0) is 15.6. The minimum atomic E-state index is -4.01. The molecule has 0 aliphatic heterocycles. The Kier molecular flexibility index (Phi) is 5.14. The Labute approximate surface area is 133 Å². The number of carbonyl (C=O) groups excluding carboxylic acids is 1. The summed E-state index contributed by atoms with van der Waals surface area (Å²) in [4.78, 5) is 11.7. The van der Waals surface area contributed by atoms with Crippen LogP contribution in [0.5, 0.6) is 0 Å². The second-order valence-corrected chi connectivity index (χ2v) is 7.49. The SMILES string of the molecule is NS(=O)(=O)c1cc(C(=O)NCCCC2CC2)c(Cl)cc1Cl. The highest BCUT2D eigenvalue weighted by atomic mass is 35.5. The van der Waals surface area contributed by atoms with E-state index in [4.69, 9.17) is 28.3 Å². The maximum Gasteiger partial charge on any atom is 0.252 e. The lowest BCUT2D eigenvalue weighted by Gasteiger charge is -2.09. The van der Waals surface area contributed by atoms with Gasteiger partial charge in [0, 0.05) is 6.54 Å². The number of sulfonamides is 1. The Bertz CT molecular complexity index is 658. The number of amides is 1. The predicted molar refractivity (Wildman–Crippen MR) is 82.1 cm³/mol. The van der Waals surface area contributed by atoms with Crippen LogP contribution in [0.2, 0.25) is 10.0 Å². The summed E-state index contributed by atoms with van der Waals surface area (Å²) >= 11 is 11.7. The molecule has 1 fully saturated rings. The van der Waals surface area contributed by atoms with E-state index in [2.05, 4.69) is 5.32 Å². The van der Waals surface area contributed by atoms with Gasteiger partial charge in [0.05, 0.1) is 15.6 Å². The van der Waals surface area contributed by atoms with E-state index in [0.29, 0.717) is 6.54 Å². The highest BCUT2D eigenvalue weighted by Crippen LogP contribution is 2.33. The average Bonchev–Trinajstić information content (AvgIpc) is 3.16. The molecule has 1 aromatic rings. The van der Waals surface area contributed by atoms with Crippen LogP contribution in [0.3, 0.4) is 0 Å². The average molecular weight is 351 g/mol. The second kappa shape index (κ2) is 6.52. The molecule has 0 heterocycles. The van der Waals surface area contributed by atoms with E-state index in [1.807, 2.05) is 0 Å². The largest absolute Gasteiger partial charge is 0.352 e. The van der Waals surface area contributed by atoms with Gasteiger partial charge in [0.2, 0.25) is 10.0 Å². The van der Waals surface area contributed by atoms with E-state index in [1.54, 1.807) is 0 Å². The fraction of sp³-hybridized carbons (Fsp3) is 0.462. The Hall–Kier alpha value is -0.820. The molecule has 5 nitrogen and oxygen atoms in total. The Balaban J connectivity index is 2.08. The van der Waals surface area contributed by atoms with Crippen molar-refractivity contribution in [3.8, 4) is 0 Å². The van der Waals surface area contributed by atoms with Gasteiger partial charge in [-0.1, -0.05) is 36.0 Å². The van der Waals surface area contributed by atoms with Gasteiger partial charge in [-0.2, -0.15) is 0 Å². The summed E-state index contributed by atoms with van der Waals surface area (Å²) in [5.41, 5.74) is 0.0523. The predicted octanol–water partition coefficient (Wildman–Crippen LogP) is 2.56. The van der Waals surface area contributed by atoms with Crippen molar-refractivity contribution in [2.75, 3.05) is 6.54 Å². The monoisotopic (exact) mass is 350 g/mol. The van der Waals surface area contributed by atoms with Crippen LogP contribution < -0.4 is 10.5 Å². The fourth-order valence-electron chi connectivity index (χ4n) is 2.02. The molecule has 0 atom stereocenters. The molecule has 0 aromatic heterocycles. The molecular formula is C13H16Cl2N2O3S. The quantitative estimate of drug-likeness (QED) is 0.772. The highest BCUT2D eigenvalue weighted by Gasteiger charge is 2.21. The molecule has 116 valence electrons. The normalized spacial score (nSPS) is 15.0. The standard InChI is InChI=1S/C13H16Cl2N2O3S/c14-10-7-11(15)12(21(16,19)20)6-9(10)13(18)17-5-1-2-8-3-4-8/h6-8H,1-5H2,(H,17,18)(H2,16,19,20). The number of benzene rings is 1. The molecule has 0 radical (unpaired) electrons. The van der Waals surface area contributed by atoms with Gasteiger partial charge in [0.15, 0.2) is 0 Å². The Morgan fingerprint density at radius 3 is 2.52 bits per heavy atom. The Morgan fingerprint density at radius 2 is 1.95 bits per heavy atom. The highest BCUT2D eigenvalue weighted by molar-refractivity contribution is 7.89. The number of hydrogen-bond donors (Lipinski definition) is 2. The van der Waals surface area contributed by atoms with Gasteiger partial charge in [0.1, 0.15) is 4.90 Å². The summed E-state index contributed by atoms with van der Waals surface area (Å²) in [6, 6.07) is 2.32. The number of hydrogen-bond acceptors (Lipinski definition) is 3. The third kappa shape index (κ3) is 4.57. The number of primary sulfonamides is 1. The smallest absolute Gasteiger partial charge is 0.252 e. The number of nitrogens with one attached hydrogen (secondary N) is 1. The first-order valence-corrected chi connectivity index (χ1v) is 8.89. The first-order chi connectivity index (χ1) is 9.79. The number of halogens is 2. The zero-order valence-electron chi connectivity index (χ0n) is 11.2. The molecule has 1 amide bonds. The summed E-state index contributed by atoms with van der Waals surface area (Å²) in [5, 5.41) is 7.76. The third-order valence-electron chi connectivity index (χ3n) is 3.34. The number of rotatable bonds is 6. The topological polar surface area (TPSA) is 89.3 Å².